The number of nitrogens with zero attached hydrogens (tertiary/aromatic N) is 2. The van der Waals surface area contributed by atoms with Gasteiger partial charge in [-0.2, -0.15) is 0 Å². The molecule has 1 saturated heterocycles. The lowest BCUT2D eigenvalue weighted by Gasteiger charge is -2.34. The highest BCUT2D eigenvalue weighted by atomic mass is 79.9. The second-order valence-corrected chi connectivity index (χ2v) is 7.67. The van der Waals surface area contributed by atoms with Crippen molar-refractivity contribution in [2.24, 2.45) is 5.92 Å². The molecular formula is C20H23BrN2O4. The molecule has 1 atom stereocenters. The number of likely N-dealkylation sites (tertiary alicyclic amines) is 1. The van der Waals surface area contributed by atoms with Gasteiger partial charge in [0.25, 0.3) is 5.91 Å². The molecule has 0 spiro atoms. The summed E-state index contributed by atoms with van der Waals surface area (Å²) in [5.41, 5.74) is 1.46. The molecular weight excluding hydrogens is 412 g/mol. The summed E-state index contributed by atoms with van der Waals surface area (Å²) in [5.74, 6) is 0.510. The second kappa shape index (κ2) is 8.61. The van der Waals surface area contributed by atoms with Crippen molar-refractivity contribution in [2.45, 2.75) is 19.4 Å². The molecule has 2 amide bonds. The van der Waals surface area contributed by atoms with E-state index in [2.05, 4.69) is 15.9 Å². The van der Waals surface area contributed by atoms with E-state index in [1.54, 1.807) is 30.0 Å². The van der Waals surface area contributed by atoms with Crippen molar-refractivity contribution in [2.75, 3.05) is 27.2 Å². The maximum atomic E-state index is 13.0. The Kier molecular flexibility index (Phi) is 6.21. The summed E-state index contributed by atoms with van der Waals surface area (Å²) in [7, 11) is 3.41. The van der Waals surface area contributed by atoms with Crippen molar-refractivity contribution < 1.29 is 18.7 Å². The minimum absolute atomic E-state index is 0.0433. The van der Waals surface area contributed by atoms with Crippen molar-refractivity contribution >= 4 is 27.7 Å². The van der Waals surface area contributed by atoms with Crippen LogP contribution < -0.4 is 4.74 Å². The number of carbonyl (C=O) groups is 2. The Morgan fingerprint density at radius 2 is 2.19 bits per heavy atom. The molecule has 0 N–H and O–H groups in total. The fourth-order valence-corrected chi connectivity index (χ4v) is 3.86. The standard InChI is InChI=1S/C20H23BrN2O4/c1-22(11-16-10-17(21)5-6-18(16)26-2)19(24)14-4-3-8-23(12-14)20(25)15-7-9-27-13-15/h5-7,9-10,13-14H,3-4,8,11-12H2,1-2H3/t14-/m1/s1. The molecule has 0 aliphatic carbocycles. The minimum atomic E-state index is -0.197. The summed E-state index contributed by atoms with van der Waals surface area (Å²) >= 11 is 3.46. The fourth-order valence-electron chi connectivity index (χ4n) is 3.45. The Labute approximate surface area is 167 Å². The van der Waals surface area contributed by atoms with Gasteiger partial charge in [0, 0.05) is 36.7 Å². The molecule has 0 saturated carbocycles. The predicted molar refractivity (Wildman–Crippen MR) is 105 cm³/mol. The first kappa shape index (κ1) is 19.5. The lowest BCUT2D eigenvalue weighted by atomic mass is 9.96. The summed E-state index contributed by atoms with van der Waals surface area (Å²) in [6.07, 6.45) is 4.53. The van der Waals surface area contributed by atoms with E-state index in [4.69, 9.17) is 9.15 Å². The van der Waals surface area contributed by atoms with Gasteiger partial charge in [0.2, 0.25) is 5.91 Å². The van der Waals surface area contributed by atoms with E-state index in [0.717, 1.165) is 28.6 Å². The first-order valence-electron chi connectivity index (χ1n) is 8.88. The van der Waals surface area contributed by atoms with Crippen LogP contribution in [0.5, 0.6) is 5.75 Å². The van der Waals surface area contributed by atoms with Crippen LogP contribution in [0.15, 0.2) is 45.7 Å². The number of halogens is 1. The Morgan fingerprint density at radius 3 is 2.89 bits per heavy atom. The zero-order valence-corrected chi connectivity index (χ0v) is 17.1. The van der Waals surface area contributed by atoms with E-state index in [1.807, 2.05) is 18.2 Å². The maximum absolute atomic E-state index is 13.0. The Balaban J connectivity index is 1.66. The summed E-state index contributed by atoms with van der Waals surface area (Å²) in [4.78, 5) is 28.9. The van der Waals surface area contributed by atoms with Crippen LogP contribution in [0, 0.1) is 5.92 Å². The third kappa shape index (κ3) is 4.53. The van der Waals surface area contributed by atoms with Crippen molar-refractivity contribution in [1.82, 2.24) is 9.80 Å². The molecule has 2 heterocycles. The van der Waals surface area contributed by atoms with E-state index in [0.29, 0.717) is 25.2 Å². The number of rotatable bonds is 5. The van der Waals surface area contributed by atoms with Gasteiger partial charge in [0.05, 0.1) is 24.9 Å². The largest absolute Gasteiger partial charge is 0.496 e. The molecule has 1 aliphatic rings. The van der Waals surface area contributed by atoms with Crippen LogP contribution in [0.3, 0.4) is 0 Å². The van der Waals surface area contributed by atoms with E-state index in [-0.39, 0.29) is 17.7 Å². The van der Waals surface area contributed by atoms with Crippen LogP contribution >= 0.6 is 15.9 Å². The molecule has 6 nitrogen and oxygen atoms in total. The smallest absolute Gasteiger partial charge is 0.257 e. The molecule has 0 bridgehead atoms. The van der Waals surface area contributed by atoms with Gasteiger partial charge in [-0.05, 0) is 37.1 Å². The maximum Gasteiger partial charge on any atom is 0.257 e. The first-order valence-corrected chi connectivity index (χ1v) is 9.67. The number of hydrogen-bond acceptors (Lipinski definition) is 4. The summed E-state index contributed by atoms with van der Waals surface area (Å²) in [6, 6.07) is 7.39. The lowest BCUT2D eigenvalue weighted by molar-refractivity contribution is -0.136. The van der Waals surface area contributed by atoms with Gasteiger partial charge >= 0.3 is 0 Å². The van der Waals surface area contributed by atoms with Gasteiger partial charge in [-0.1, -0.05) is 15.9 Å². The van der Waals surface area contributed by atoms with Gasteiger partial charge in [-0.25, -0.2) is 0 Å². The molecule has 0 radical (unpaired) electrons. The summed E-state index contributed by atoms with van der Waals surface area (Å²) in [5, 5.41) is 0. The van der Waals surface area contributed by atoms with Crippen LogP contribution in [-0.4, -0.2) is 48.9 Å². The quantitative estimate of drug-likeness (QED) is 0.721. The van der Waals surface area contributed by atoms with Gasteiger partial charge in [-0.3, -0.25) is 9.59 Å². The number of methoxy groups -OCH3 is 1. The van der Waals surface area contributed by atoms with Gasteiger partial charge < -0.3 is 19.0 Å². The van der Waals surface area contributed by atoms with Crippen LogP contribution in [0.25, 0.3) is 0 Å². The van der Waals surface area contributed by atoms with E-state index >= 15 is 0 Å². The number of amides is 2. The Hall–Kier alpha value is -2.28. The Bertz CT molecular complexity index is 806. The van der Waals surface area contributed by atoms with Crippen molar-refractivity contribution in [1.29, 1.82) is 0 Å². The van der Waals surface area contributed by atoms with E-state index in [9.17, 15) is 9.59 Å². The predicted octanol–water partition coefficient (Wildman–Crippen LogP) is 3.56. The van der Waals surface area contributed by atoms with Crippen molar-refractivity contribution in [3.63, 3.8) is 0 Å². The lowest BCUT2D eigenvalue weighted by Crippen LogP contribution is -2.45. The SMILES string of the molecule is COc1ccc(Br)cc1CN(C)C(=O)[C@@H]1CCCN(C(=O)c2ccoc2)C1. The number of furan rings is 1. The second-order valence-electron chi connectivity index (χ2n) is 6.75. The van der Waals surface area contributed by atoms with Gasteiger partial charge in [-0.15, -0.1) is 0 Å². The monoisotopic (exact) mass is 434 g/mol. The van der Waals surface area contributed by atoms with Crippen LogP contribution in [0.1, 0.15) is 28.8 Å². The van der Waals surface area contributed by atoms with Crippen LogP contribution in [0.4, 0.5) is 0 Å². The van der Waals surface area contributed by atoms with E-state index in [1.165, 1.54) is 12.5 Å². The average Bonchev–Trinajstić information content (AvgIpc) is 3.22. The zero-order chi connectivity index (χ0) is 19.4. The molecule has 0 unspecified atom stereocenters. The van der Waals surface area contributed by atoms with Crippen molar-refractivity contribution in [3.05, 3.63) is 52.4 Å². The molecule has 7 heteroatoms. The highest BCUT2D eigenvalue weighted by Gasteiger charge is 2.31. The topological polar surface area (TPSA) is 63.0 Å². The molecule has 27 heavy (non-hydrogen) atoms. The van der Waals surface area contributed by atoms with E-state index < -0.39 is 0 Å². The minimum Gasteiger partial charge on any atom is -0.496 e. The summed E-state index contributed by atoms with van der Waals surface area (Å²) in [6.45, 7) is 1.55. The molecule has 2 aromatic rings. The molecule has 1 aliphatic heterocycles. The molecule has 1 fully saturated rings. The third-order valence-corrected chi connectivity index (χ3v) is 5.35. The Morgan fingerprint density at radius 1 is 1.37 bits per heavy atom. The number of benzene rings is 1. The highest BCUT2D eigenvalue weighted by Crippen LogP contribution is 2.26. The highest BCUT2D eigenvalue weighted by molar-refractivity contribution is 9.10. The molecule has 1 aromatic heterocycles. The van der Waals surface area contributed by atoms with Crippen molar-refractivity contribution in [3.8, 4) is 5.75 Å². The molecule has 144 valence electrons. The molecule has 1 aromatic carbocycles. The first-order chi connectivity index (χ1) is 13.0. The van der Waals surface area contributed by atoms with Gasteiger partial charge in [0.1, 0.15) is 12.0 Å². The van der Waals surface area contributed by atoms with Crippen LogP contribution in [0.2, 0.25) is 0 Å². The number of piperidine rings is 1. The third-order valence-electron chi connectivity index (χ3n) is 4.85. The number of ether oxygens (including phenoxy) is 1. The number of carbonyl (C=O) groups excluding carboxylic acids is 2. The van der Waals surface area contributed by atoms with Gasteiger partial charge in [0.15, 0.2) is 0 Å². The number of hydrogen-bond donors (Lipinski definition) is 0. The fraction of sp³-hybridized carbons (Fsp3) is 0.400. The summed E-state index contributed by atoms with van der Waals surface area (Å²) < 4.78 is 11.3. The van der Waals surface area contributed by atoms with Crippen LogP contribution in [-0.2, 0) is 11.3 Å². The molecule has 3 rings (SSSR count). The normalized spacial score (nSPS) is 16.9. The zero-order valence-electron chi connectivity index (χ0n) is 15.5. The average molecular weight is 435 g/mol.